The van der Waals surface area contributed by atoms with Crippen LogP contribution in [0.15, 0.2) is 12.4 Å². The van der Waals surface area contributed by atoms with Crippen molar-refractivity contribution < 1.29 is 9.53 Å². The Morgan fingerprint density at radius 3 is 3.27 bits per heavy atom. The fourth-order valence-corrected chi connectivity index (χ4v) is 1.38. The predicted octanol–water partition coefficient (Wildman–Crippen LogP) is 0.964. The van der Waals surface area contributed by atoms with Crippen LogP contribution in [0.4, 0.5) is 0 Å². The molecule has 0 fully saturated rings. The molecule has 0 spiro atoms. The smallest absolute Gasteiger partial charge is 0.357 e. The Morgan fingerprint density at radius 2 is 2.53 bits per heavy atom. The number of aromatic nitrogens is 4. The number of carbonyl (C=O) groups excluding carboxylic acids is 1. The first-order valence-corrected chi connectivity index (χ1v) is 4.73. The lowest BCUT2D eigenvalue weighted by atomic mass is 10.4. The van der Waals surface area contributed by atoms with E-state index in [2.05, 4.69) is 15.2 Å². The summed E-state index contributed by atoms with van der Waals surface area (Å²) >= 11 is 5.05. The molecule has 78 valence electrons. The summed E-state index contributed by atoms with van der Waals surface area (Å²) in [6.45, 7) is 2.04. The first kappa shape index (κ1) is 9.78. The van der Waals surface area contributed by atoms with Gasteiger partial charge in [0.1, 0.15) is 11.0 Å². The molecule has 0 saturated carbocycles. The van der Waals surface area contributed by atoms with Crippen molar-refractivity contribution in [1.82, 2.24) is 19.6 Å². The second kappa shape index (κ2) is 3.77. The fraction of sp³-hybridized carbons (Fsp3) is 0.250. The Balaban J connectivity index is 2.54. The molecule has 0 aliphatic heterocycles. The van der Waals surface area contributed by atoms with E-state index >= 15 is 0 Å². The van der Waals surface area contributed by atoms with Crippen molar-refractivity contribution in [1.29, 1.82) is 0 Å². The van der Waals surface area contributed by atoms with Crippen LogP contribution in [0.1, 0.15) is 17.4 Å². The Morgan fingerprint density at radius 1 is 1.73 bits per heavy atom. The highest BCUT2D eigenvalue weighted by Crippen LogP contribution is 2.03. The van der Waals surface area contributed by atoms with Crippen molar-refractivity contribution >= 4 is 24.0 Å². The summed E-state index contributed by atoms with van der Waals surface area (Å²) in [5.74, 6) is -0.0637. The van der Waals surface area contributed by atoms with Crippen molar-refractivity contribution in [2.24, 2.45) is 0 Å². The van der Waals surface area contributed by atoms with Gasteiger partial charge in [0, 0.05) is 6.07 Å². The Kier molecular flexibility index (Phi) is 2.46. The van der Waals surface area contributed by atoms with Gasteiger partial charge in [-0.05, 0) is 6.92 Å². The quantitative estimate of drug-likeness (QED) is 0.607. The predicted molar refractivity (Wildman–Crippen MR) is 54.1 cm³/mol. The first-order chi connectivity index (χ1) is 7.22. The molecule has 0 saturated heterocycles. The summed E-state index contributed by atoms with van der Waals surface area (Å²) < 4.78 is 6.84. The molecule has 15 heavy (non-hydrogen) atoms. The topological polar surface area (TPSA) is 72.3 Å². The van der Waals surface area contributed by atoms with Crippen LogP contribution in [0.2, 0.25) is 0 Å². The van der Waals surface area contributed by atoms with Gasteiger partial charge in [0.15, 0.2) is 5.69 Å². The van der Waals surface area contributed by atoms with Gasteiger partial charge >= 0.3 is 5.97 Å². The summed E-state index contributed by atoms with van der Waals surface area (Å²) in [5.41, 5.74) is 0.186. The average Bonchev–Trinajstić information content (AvgIpc) is 2.66. The minimum atomic E-state index is -0.485. The summed E-state index contributed by atoms with van der Waals surface area (Å²) in [7, 11) is 0. The normalized spacial score (nSPS) is 10.5. The molecule has 0 unspecified atom stereocenters. The molecule has 7 heteroatoms. The highest BCUT2D eigenvalue weighted by Gasteiger charge is 2.10. The second-order valence-electron chi connectivity index (χ2n) is 2.75. The van der Waals surface area contributed by atoms with E-state index in [1.54, 1.807) is 11.3 Å². The number of ether oxygens (including phenoxy) is 1. The minimum Gasteiger partial charge on any atom is -0.461 e. The van der Waals surface area contributed by atoms with Gasteiger partial charge in [-0.25, -0.2) is 14.9 Å². The summed E-state index contributed by atoms with van der Waals surface area (Å²) in [4.78, 5) is 15.4. The first-order valence-electron chi connectivity index (χ1n) is 4.32. The van der Waals surface area contributed by atoms with E-state index in [9.17, 15) is 4.79 Å². The van der Waals surface area contributed by atoms with Crippen molar-refractivity contribution in [3.63, 3.8) is 0 Å². The van der Waals surface area contributed by atoms with Crippen molar-refractivity contribution in [2.75, 3.05) is 6.61 Å². The van der Waals surface area contributed by atoms with Gasteiger partial charge in [-0.3, -0.25) is 4.40 Å². The molecule has 6 nitrogen and oxygen atoms in total. The number of aromatic amines is 1. The highest BCUT2D eigenvalue weighted by molar-refractivity contribution is 7.71. The maximum absolute atomic E-state index is 11.4. The van der Waals surface area contributed by atoms with Crippen LogP contribution in [0.25, 0.3) is 5.78 Å². The molecule has 2 rings (SSSR count). The van der Waals surface area contributed by atoms with E-state index in [-0.39, 0.29) is 5.69 Å². The molecule has 2 heterocycles. The Bertz CT molecular complexity index is 559. The highest BCUT2D eigenvalue weighted by atomic mass is 32.1. The third kappa shape index (κ3) is 1.73. The zero-order valence-electron chi connectivity index (χ0n) is 7.93. The average molecular weight is 224 g/mol. The van der Waals surface area contributed by atoms with Crippen LogP contribution >= 0.6 is 12.2 Å². The number of fused-ring (bicyclic) bond motifs is 1. The largest absolute Gasteiger partial charge is 0.461 e. The summed E-state index contributed by atoms with van der Waals surface area (Å²) in [5, 5.41) is 6.39. The van der Waals surface area contributed by atoms with Gasteiger partial charge in [-0.1, -0.05) is 12.2 Å². The van der Waals surface area contributed by atoms with Crippen LogP contribution < -0.4 is 0 Å². The van der Waals surface area contributed by atoms with Crippen LogP contribution in [-0.2, 0) is 4.74 Å². The van der Waals surface area contributed by atoms with Crippen molar-refractivity contribution in [2.45, 2.75) is 6.92 Å². The zero-order valence-corrected chi connectivity index (χ0v) is 8.74. The standard InChI is InChI=1S/C8H8N4O2S/c1-2-14-7(13)5-3-6(15)12-4-9-11-8(12)10-5/h3-4H,2H2,1H3,(H,10,11). The molecule has 2 aromatic heterocycles. The number of carbonyl (C=O) groups is 1. The van der Waals surface area contributed by atoms with E-state index in [4.69, 9.17) is 17.0 Å². The maximum Gasteiger partial charge on any atom is 0.357 e. The lowest BCUT2D eigenvalue weighted by molar-refractivity contribution is 0.0519. The minimum absolute atomic E-state index is 0.186. The monoisotopic (exact) mass is 224 g/mol. The Hall–Kier alpha value is -1.76. The number of hydrogen-bond donors (Lipinski definition) is 1. The van der Waals surface area contributed by atoms with Crippen molar-refractivity contribution in [3.8, 4) is 0 Å². The Labute approximate surface area is 89.9 Å². The van der Waals surface area contributed by atoms with E-state index < -0.39 is 5.97 Å². The SMILES string of the molecule is CCOC(=O)c1cc(=S)n2cn[nH]c2n1. The third-order valence-corrected chi connectivity index (χ3v) is 2.09. The van der Waals surface area contributed by atoms with Crippen LogP contribution in [0, 0.1) is 4.64 Å². The lowest BCUT2D eigenvalue weighted by Crippen LogP contribution is -2.08. The molecule has 0 bridgehead atoms. The number of nitrogens with one attached hydrogen (secondary N) is 1. The molecule has 0 amide bonds. The fourth-order valence-electron chi connectivity index (χ4n) is 1.14. The van der Waals surface area contributed by atoms with E-state index in [0.717, 1.165) is 0 Å². The summed E-state index contributed by atoms with van der Waals surface area (Å²) in [6, 6.07) is 1.48. The molecule has 1 N–H and O–H groups in total. The number of H-pyrrole nitrogens is 1. The van der Waals surface area contributed by atoms with Crippen LogP contribution in [0.3, 0.4) is 0 Å². The number of rotatable bonds is 2. The number of hydrogen-bond acceptors (Lipinski definition) is 5. The van der Waals surface area contributed by atoms with Gasteiger partial charge < -0.3 is 4.74 Å². The van der Waals surface area contributed by atoms with Gasteiger partial charge in [0.05, 0.1) is 6.61 Å². The van der Waals surface area contributed by atoms with Crippen LogP contribution in [-0.4, -0.2) is 32.2 Å². The molecule has 0 atom stereocenters. The molecule has 0 radical (unpaired) electrons. The molecule has 0 aliphatic carbocycles. The molecular weight excluding hydrogens is 216 g/mol. The van der Waals surface area contributed by atoms with Gasteiger partial charge in [0.25, 0.3) is 0 Å². The maximum atomic E-state index is 11.4. The van der Waals surface area contributed by atoms with Gasteiger partial charge in [0.2, 0.25) is 5.78 Å². The molecule has 2 aromatic rings. The summed E-state index contributed by atoms with van der Waals surface area (Å²) in [6.07, 6.45) is 1.50. The van der Waals surface area contributed by atoms with Crippen LogP contribution in [0.5, 0.6) is 0 Å². The zero-order chi connectivity index (χ0) is 10.8. The second-order valence-corrected chi connectivity index (χ2v) is 3.17. The van der Waals surface area contributed by atoms with E-state index in [1.807, 2.05) is 0 Å². The molecule has 0 aromatic carbocycles. The molecule has 0 aliphatic rings. The molecular formula is C8H8N4O2S. The van der Waals surface area contributed by atoms with E-state index in [0.29, 0.717) is 17.0 Å². The number of esters is 1. The lowest BCUT2D eigenvalue weighted by Gasteiger charge is -2.00. The van der Waals surface area contributed by atoms with Gasteiger partial charge in [-0.15, -0.1) is 0 Å². The van der Waals surface area contributed by atoms with Gasteiger partial charge in [-0.2, -0.15) is 5.10 Å². The van der Waals surface area contributed by atoms with E-state index in [1.165, 1.54) is 12.4 Å². The third-order valence-electron chi connectivity index (χ3n) is 1.77. The number of nitrogens with zero attached hydrogens (tertiary/aromatic N) is 3. The van der Waals surface area contributed by atoms with Crippen molar-refractivity contribution in [3.05, 3.63) is 22.7 Å².